The molecule has 43 heavy (non-hydrogen) atoms. The Labute approximate surface area is 253 Å². The van der Waals surface area contributed by atoms with E-state index < -0.39 is 29.3 Å². The molecule has 0 spiro atoms. The number of thioether (sulfide) groups is 1. The van der Waals surface area contributed by atoms with Gasteiger partial charge in [-0.05, 0) is 41.5 Å². The number of nitrogens with zero attached hydrogens (tertiary/aromatic N) is 5. The minimum absolute atomic E-state index is 0.0508. The lowest BCUT2D eigenvalue weighted by atomic mass is 9.96. The summed E-state index contributed by atoms with van der Waals surface area (Å²) >= 11 is 2.58. The van der Waals surface area contributed by atoms with Gasteiger partial charge < -0.3 is 5.11 Å². The Bertz CT molecular complexity index is 2100. The number of rotatable bonds is 6. The van der Waals surface area contributed by atoms with Gasteiger partial charge in [0.15, 0.2) is 10.1 Å². The van der Waals surface area contributed by atoms with Gasteiger partial charge in [-0.1, -0.05) is 89.8 Å². The zero-order chi connectivity index (χ0) is 29.7. The second-order valence-electron chi connectivity index (χ2n) is 9.94. The monoisotopic (exact) mass is 607 g/mol. The minimum atomic E-state index is -1.27. The van der Waals surface area contributed by atoms with Gasteiger partial charge in [0, 0.05) is 17.5 Å². The Kier molecular flexibility index (Phi) is 6.75. The van der Waals surface area contributed by atoms with Crippen LogP contribution in [-0.4, -0.2) is 36.4 Å². The van der Waals surface area contributed by atoms with E-state index in [9.17, 15) is 14.7 Å². The van der Waals surface area contributed by atoms with Crippen LogP contribution in [0.3, 0.4) is 0 Å². The number of carbonyl (C=O) groups excluding carboxylic acids is 2. The van der Waals surface area contributed by atoms with Gasteiger partial charge >= 0.3 is 5.91 Å². The number of halogens is 1. The fourth-order valence-electron chi connectivity index (χ4n) is 5.46. The Morgan fingerprint density at radius 3 is 2.60 bits per heavy atom. The number of amides is 1. The maximum atomic E-state index is 15.3. The highest BCUT2D eigenvalue weighted by Crippen LogP contribution is 2.45. The average molecular weight is 608 g/mol. The number of imidazole rings is 1. The van der Waals surface area contributed by atoms with Crippen LogP contribution in [0.1, 0.15) is 28.6 Å². The molecule has 0 saturated carbocycles. The van der Waals surface area contributed by atoms with Gasteiger partial charge in [-0.2, -0.15) is 0 Å². The predicted molar refractivity (Wildman–Crippen MR) is 165 cm³/mol. The van der Waals surface area contributed by atoms with Crippen molar-refractivity contribution in [1.82, 2.24) is 19.6 Å². The number of aryl methyl sites for hydroxylation is 1. The zero-order valence-electron chi connectivity index (χ0n) is 22.6. The second-order valence-corrected chi connectivity index (χ2v) is 12.1. The molecule has 3 aromatic carbocycles. The van der Waals surface area contributed by atoms with E-state index in [0.717, 1.165) is 32.6 Å². The lowest BCUT2D eigenvalue weighted by Gasteiger charge is -2.22. The number of carbonyl (C=O) groups is 2. The van der Waals surface area contributed by atoms with Gasteiger partial charge in [0.25, 0.3) is 5.78 Å². The van der Waals surface area contributed by atoms with E-state index in [0.29, 0.717) is 21.4 Å². The normalized spacial score (nSPS) is 16.5. The van der Waals surface area contributed by atoms with Crippen LogP contribution < -0.4 is 4.90 Å². The Morgan fingerprint density at radius 1 is 0.977 bits per heavy atom. The third-order valence-electron chi connectivity index (χ3n) is 7.41. The Morgan fingerprint density at radius 2 is 1.74 bits per heavy atom. The van der Waals surface area contributed by atoms with Gasteiger partial charge in [-0.3, -0.25) is 18.9 Å². The third kappa shape index (κ3) is 4.57. The summed E-state index contributed by atoms with van der Waals surface area (Å²) < 4.78 is 17.5. The molecule has 212 valence electrons. The van der Waals surface area contributed by atoms with Crippen molar-refractivity contribution in [3.05, 3.63) is 125 Å². The molecule has 6 aromatic rings. The second kappa shape index (κ2) is 10.8. The number of pyridine rings is 1. The van der Waals surface area contributed by atoms with E-state index in [1.54, 1.807) is 41.8 Å². The molecule has 1 aliphatic rings. The number of anilines is 1. The molecule has 0 aliphatic carbocycles. The number of benzene rings is 3. The van der Waals surface area contributed by atoms with E-state index in [2.05, 4.69) is 39.4 Å². The molecule has 1 saturated heterocycles. The van der Waals surface area contributed by atoms with E-state index in [-0.39, 0.29) is 22.0 Å². The van der Waals surface area contributed by atoms with Crippen molar-refractivity contribution in [2.24, 2.45) is 0 Å². The summed E-state index contributed by atoms with van der Waals surface area (Å²) in [5.41, 5.74) is 2.17. The molecule has 1 amide bonds. The molecule has 4 heterocycles. The zero-order valence-corrected chi connectivity index (χ0v) is 24.3. The van der Waals surface area contributed by atoms with E-state index in [4.69, 9.17) is 0 Å². The SMILES string of the molecule is Cc1nc2ccccn2c1C(O)=C1C(=O)C(=O)N(c2nnc(SCc3cccc4ccccc34)s2)C1c1ccccc1F. The number of Topliss-reactive ketones (excluding diaryl/α,β-unsaturated/α-hetero) is 1. The van der Waals surface area contributed by atoms with Gasteiger partial charge in [0.2, 0.25) is 5.13 Å². The van der Waals surface area contributed by atoms with Crippen molar-refractivity contribution in [1.29, 1.82) is 0 Å². The lowest BCUT2D eigenvalue weighted by Crippen LogP contribution is -2.29. The summed E-state index contributed by atoms with van der Waals surface area (Å²) in [6.45, 7) is 1.69. The fourth-order valence-corrected chi connectivity index (χ4v) is 7.33. The summed E-state index contributed by atoms with van der Waals surface area (Å²) in [6.07, 6.45) is 1.70. The van der Waals surface area contributed by atoms with Crippen molar-refractivity contribution in [2.75, 3.05) is 4.90 Å². The molecular formula is C32H22FN5O3S2. The van der Waals surface area contributed by atoms with Gasteiger partial charge in [0.1, 0.15) is 23.2 Å². The molecular weight excluding hydrogens is 586 g/mol. The van der Waals surface area contributed by atoms with Gasteiger partial charge in [-0.25, -0.2) is 9.37 Å². The highest BCUT2D eigenvalue weighted by atomic mass is 32.2. The molecule has 8 nitrogen and oxygen atoms in total. The highest BCUT2D eigenvalue weighted by Gasteiger charge is 2.49. The predicted octanol–water partition coefficient (Wildman–Crippen LogP) is 6.71. The first-order chi connectivity index (χ1) is 20.9. The quantitative estimate of drug-likeness (QED) is 0.0739. The molecule has 0 radical (unpaired) electrons. The molecule has 1 unspecified atom stereocenters. The van der Waals surface area contributed by atoms with Crippen LogP contribution >= 0.6 is 23.1 Å². The number of aliphatic hydroxyl groups excluding tert-OH is 1. The molecule has 0 bridgehead atoms. The van der Waals surface area contributed by atoms with Gasteiger partial charge in [0.05, 0.1) is 11.3 Å². The smallest absolute Gasteiger partial charge is 0.301 e. The van der Waals surface area contributed by atoms with E-state index >= 15 is 4.39 Å². The first-order valence-electron chi connectivity index (χ1n) is 13.3. The minimum Gasteiger partial charge on any atom is -0.505 e. The summed E-state index contributed by atoms with van der Waals surface area (Å²) in [5.74, 6) is -2.34. The summed E-state index contributed by atoms with van der Waals surface area (Å²) in [5, 5.41) is 22.5. The van der Waals surface area contributed by atoms with E-state index in [1.807, 2.05) is 18.2 Å². The van der Waals surface area contributed by atoms with Crippen molar-refractivity contribution in [3.8, 4) is 0 Å². The number of aromatic nitrogens is 4. The van der Waals surface area contributed by atoms with Crippen LogP contribution in [-0.2, 0) is 15.3 Å². The Hall–Kier alpha value is -4.87. The lowest BCUT2D eigenvalue weighted by molar-refractivity contribution is -0.132. The third-order valence-corrected chi connectivity index (χ3v) is 9.51. The van der Waals surface area contributed by atoms with Crippen molar-refractivity contribution < 1.29 is 19.1 Å². The molecule has 1 atom stereocenters. The number of ketones is 1. The molecule has 7 rings (SSSR count). The number of aliphatic hydroxyl groups is 1. The van der Waals surface area contributed by atoms with Crippen LogP contribution in [0.15, 0.2) is 101 Å². The van der Waals surface area contributed by atoms with E-state index in [1.165, 1.54) is 30.0 Å². The molecule has 11 heteroatoms. The van der Waals surface area contributed by atoms with Crippen molar-refractivity contribution in [3.63, 3.8) is 0 Å². The molecule has 1 fully saturated rings. The van der Waals surface area contributed by atoms with Crippen LogP contribution in [0.4, 0.5) is 9.52 Å². The number of fused-ring (bicyclic) bond motifs is 2. The van der Waals surface area contributed by atoms with Crippen LogP contribution in [0.25, 0.3) is 22.2 Å². The first-order valence-corrected chi connectivity index (χ1v) is 15.1. The first kappa shape index (κ1) is 27.0. The number of hydrogen-bond acceptors (Lipinski definition) is 8. The maximum absolute atomic E-state index is 15.3. The maximum Gasteiger partial charge on any atom is 0.301 e. The molecule has 1 N–H and O–H groups in total. The Balaban J connectivity index is 1.30. The van der Waals surface area contributed by atoms with Crippen LogP contribution in [0.5, 0.6) is 0 Å². The summed E-state index contributed by atoms with van der Waals surface area (Å²) in [6, 6.07) is 24.2. The van der Waals surface area contributed by atoms with Crippen LogP contribution in [0, 0.1) is 12.7 Å². The topological polar surface area (TPSA) is 101 Å². The average Bonchev–Trinajstić information content (AvgIpc) is 3.69. The summed E-state index contributed by atoms with van der Waals surface area (Å²) in [7, 11) is 0. The number of hydrogen-bond donors (Lipinski definition) is 1. The largest absolute Gasteiger partial charge is 0.505 e. The summed E-state index contributed by atoms with van der Waals surface area (Å²) in [4.78, 5) is 32.8. The van der Waals surface area contributed by atoms with Gasteiger partial charge in [-0.15, -0.1) is 10.2 Å². The van der Waals surface area contributed by atoms with Crippen LogP contribution in [0.2, 0.25) is 0 Å². The molecule has 3 aromatic heterocycles. The fraction of sp³-hybridized carbons (Fsp3) is 0.0938. The van der Waals surface area contributed by atoms with Crippen molar-refractivity contribution >= 4 is 62.1 Å². The molecule has 1 aliphatic heterocycles. The standard InChI is InChI=1S/C32H22FN5O3S2/c1-18-26(37-16-7-6-15-24(37)34-18)28(39)25-27(22-13-4-5-14-23(22)33)38(30(41)29(25)40)31-35-36-32(43-31)42-17-20-11-8-10-19-9-2-3-12-21(19)20/h2-16,27,39H,17H2,1H3. The highest BCUT2D eigenvalue weighted by molar-refractivity contribution is 8.00. The van der Waals surface area contributed by atoms with Crippen molar-refractivity contribution in [2.45, 2.75) is 23.1 Å².